The van der Waals surface area contributed by atoms with Crippen LogP contribution in [0.25, 0.3) is 0 Å². The summed E-state index contributed by atoms with van der Waals surface area (Å²) in [6, 6.07) is 8.84. The molecule has 0 radical (unpaired) electrons. The van der Waals surface area contributed by atoms with Gasteiger partial charge in [0.25, 0.3) is 0 Å². The van der Waals surface area contributed by atoms with Gasteiger partial charge in [0.05, 0.1) is 5.75 Å². The zero-order chi connectivity index (χ0) is 16.1. The summed E-state index contributed by atoms with van der Waals surface area (Å²) in [5.74, 6) is -3.07. The van der Waals surface area contributed by atoms with Crippen LogP contribution in [0.2, 0.25) is 0 Å². The number of hydrogen-bond acceptors (Lipinski definition) is 4. The molecule has 0 spiro atoms. The SMILES string of the molecule is CC(CCC(=O)O)(C(=O)O)S(=O)(=O)CCc1ccccc1. The molecule has 0 fully saturated rings. The molecule has 21 heavy (non-hydrogen) atoms. The largest absolute Gasteiger partial charge is 0.481 e. The van der Waals surface area contributed by atoms with Gasteiger partial charge < -0.3 is 10.2 Å². The Morgan fingerprint density at radius 2 is 1.71 bits per heavy atom. The molecule has 0 heterocycles. The van der Waals surface area contributed by atoms with E-state index in [0.717, 1.165) is 12.5 Å². The van der Waals surface area contributed by atoms with Crippen LogP contribution in [0.15, 0.2) is 30.3 Å². The molecule has 1 rings (SSSR count). The van der Waals surface area contributed by atoms with Gasteiger partial charge in [0.15, 0.2) is 14.6 Å². The quantitative estimate of drug-likeness (QED) is 0.749. The van der Waals surface area contributed by atoms with Crippen LogP contribution in [-0.2, 0) is 25.8 Å². The van der Waals surface area contributed by atoms with E-state index in [1.165, 1.54) is 0 Å². The van der Waals surface area contributed by atoms with Crippen LogP contribution in [0, 0.1) is 0 Å². The van der Waals surface area contributed by atoms with Crippen molar-refractivity contribution in [2.24, 2.45) is 0 Å². The van der Waals surface area contributed by atoms with E-state index in [9.17, 15) is 23.1 Å². The van der Waals surface area contributed by atoms with Gasteiger partial charge in [0, 0.05) is 6.42 Å². The van der Waals surface area contributed by atoms with Crippen LogP contribution in [-0.4, -0.2) is 41.1 Å². The van der Waals surface area contributed by atoms with Gasteiger partial charge in [-0.25, -0.2) is 8.42 Å². The van der Waals surface area contributed by atoms with Gasteiger partial charge in [-0.05, 0) is 25.3 Å². The molecule has 2 N–H and O–H groups in total. The fourth-order valence-electron chi connectivity index (χ4n) is 1.86. The molecule has 6 nitrogen and oxygen atoms in total. The first-order chi connectivity index (χ1) is 9.69. The van der Waals surface area contributed by atoms with E-state index in [-0.39, 0.29) is 12.2 Å². The van der Waals surface area contributed by atoms with Crippen molar-refractivity contribution < 1.29 is 28.2 Å². The molecule has 1 aromatic carbocycles. The van der Waals surface area contributed by atoms with Gasteiger partial charge in [-0.15, -0.1) is 0 Å². The Morgan fingerprint density at radius 1 is 1.14 bits per heavy atom. The van der Waals surface area contributed by atoms with Crippen LogP contribution >= 0.6 is 0 Å². The highest BCUT2D eigenvalue weighted by molar-refractivity contribution is 7.93. The number of sulfone groups is 1. The second kappa shape index (κ2) is 6.71. The van der Waals surface area contributed by atoms with Crippen molar-refractivity contribution in [3.05, 3.63) is 35.9 Å². The molecule has 1 unspecified atom stereocenters. The first kappa shape index (κ1) is 17.2. The molecule has 0 bridgehead atoms. The molecule has 0 aliphatic rings. The smallest absolute Gasteiger partial charge is 0.324 e. The average molecular weight is 314 g/mol. The van der Waals surface area contributed by atoms with Gasteiger partial charge in [-0.1, -0.05) is 30.3 Å². The van der Waals surface area contributed by atoms with E-state index >= 15 is 0 Å². The minimum absolute atomic E-state index is 0.194. The first-order valence-electron chi connectivity index (χ1n) is 6.40. The fourth-order valence-corrected chi connectivity index (χ4v) is 3.50. The van der Waals surface area contributed by atoms with Gasteiger partial charge in [0.1, 0.15) is 0 Å². The Bertz CT molecular complexity index is 608. The van der Waals surface area contributed by atoms with Crippen LogP contribution in [0.5, 0.6) is 0 Å². The Hall–Kier alpha value is -1.89. The number of carboxylic acids is 2. The Kier molecular flexibility index (Phi) is 5.48. The molecule has 1 atom stereocenters. The monoisotopic (exact) mass is 314 g/mol. The summed E-state index contributed by atoms with van der Waals surface area (Å²) in [6.45, 7) is 1.07. The Morgan fingerprint density at radius 3 is 2.19 bits per heavy atom. The predicted molar refractivity (Wildman–Crippen MR) is 76.8 cm³/mol. The zero-order valence-electron chi connectivity index (χ0n) is 11.7. The van der Waals surface area contributed by atoms with Crippen molar-refractivity contribution in [1.82, 2.24) is 0 Å². The summed E-state index contributed by atoms with van der Waals surface area (Å²) >= 11 is 0. The number of carboxylic acid groups (broad SMARTS) is 2. The highest BCUT2D eigenvalue weighted by Gasteiger charge is 2.46. The van der Waals surface area contributed by atoms with Crippen LogP contribution < -0.4 is 0 Å². The molecule has 0 aromatic heterocycles. The van der Waals surface area contributed by atoms with Gasteiger partial charge >= 0.3 is 11.9 Å². The lowest BCUT2D eigenvalue weighted by Crippen LogP contribution is -2.45. The molecule has 1 aromatic rings. The van der Waals surface area contributed by atoms with E-state index < -0.39 is 39.4 Å². The average Bonchev–Trinajstić information content (AvgIpc) is 2.43. The fraction of sp³-hybridized carbons (Fsp3) is 0.429. The van der Waals surface area contributed by atoms with Crippen LogP contribution in [0.1, 0.15) is 25.3 Å². The van der Waals surface area contributed by atoms with Crippen molar-refractivity contribution in [2.75, 3.05) is 5.75 Å². The number of hydrogen-bond donors (Lipinski definition) is 2. The lowest BCUT2D eigenvalue weighted by atomic mass is 10.1. The maximum Gasteiger partial charge on any atom is 0.324 e. The normalized spacial score (nSPS) is 14.3. The van der Waals surface area contributed by atoms with Crippen molar-refractivity contribution in [2.45, 2.75) is 30.9 Å². The molecule has 116 valence electrons. The lowest BCUT2D eigenvalue weighted by Gasteiger charge is -2.24. The molecule has 0 aliphatic heterocycles. The third-order valence-electron chi connectivity index (χ3n) is 3.46. The topological polar surface area (TPSA) is 109 Å². The number of carbonyl (C=O) groups is 2. The predicted octanol–water partition coefficient (Wildman–Crippen LogP) is 1.35. The van der Waals surface area contributed by atoms with E-state index in [1.807, 2.05) is 0 Å². The van der Waals surface area contributed by atoms with Crippen LogP contribution in [0.3, 0.4) is 0 Å². The molecule has 0 saturated carbocycles. The van der Waals surface area contributed by atoms with Crippen molar-refractivity contribution in [1.29, 1.82) is 0 Å². The maximum absolute atomic E-state index is 12.3. The highest BCUT2D eigenvalue weighted by Crippen LogP contribution is 2.25. The summed E-state index contributed by atoms with van der Waals surface area (Å²) in [5.41, 5.74) is 0.784. The lowest BCUT2D eigenvalue weighted by molar-refractivity contribution is -0.140. The Labute approximate surface area is 123 Å². The molecular formula is C14H18O6S. The number of aliphatic carboxylic acids is 2. The molecule has 0 saturated heterocycles. The standard InChI is InChI=1S/C14H18O6S/c1-14(13(17)18,9-7-12(15)16)21(19,20)10-8-11-5-3-2-4-6-11/h2-6H,7-10H2,1H3,(H,15,16)(H,17,18). The van der Waals surface area contributed by atoms with Crippen molar-refractivity contribution in [3.63, 3.8) is 0 Å². The summed E-state index contributed by atoms with van der Waals surface area (Å²) in [4.78, 5) is 21.9. The van der Waals surface area contributed by atoms with E-state index in [1.54, 1.807) is 30.3 Å². The van der Waals surface area contributed by atoms with Crippen molar-refractivity contribution in [3.8, 4) is 0 Å². The minimum Gasteiger partial charge on any atom is -0.481 e. The Balaban J connectivity index is 2.90. The van der Waals surface area contributed by atoms with Gasteiger partial charge in [-0.2, -0.15) is 0 Å². The minimum atomic E-state index is -3.98. The molecule has 0 aliphatic carbocycles. The summed E-state index contributed by atoms with van der Waals surface area (Å²) in [5, 5.41) is 17.9. The van der Waals surface area contributed by atoms with E-state index in [0.29, 0.717) is 0 Å². The van der Waals surface area contributed by atoms with Gasteiger partial charge in [-0.3, -0.25) is 9.59 Å². The first-order valence-corrected chi connectivity index (χ1v) is 8.06. The number of aryl methyl sites for hydroxylation is 1. The van der Waals surface area contributed by atoms with Crippen LogP contribution in [0.4, 0.5) is 0 Å². The summed E-state index contributed by atoms with van der Waals surface area (Å²) < 4.78 is 22.5. The molecular weight excluding hydrogens is 296 g/mol. The van der Waals surface area contributed by atoms with Gasteiger partial charge in [0.2, 0.25) is 0 Å². The summed E-state index contributed by atoms with van der Waals surface area (Å²) in [6.07, 6.45) is -0.763. The van der Waals surface area contributed by atoms with E-state index in [2.05, 4.69) is 0 Å². The molecule has 0 amide bonds. The summed E-state index contributed by atoms with van der Waals surface area (Å²) in [7, 11) is -3.98. The number of rotatable bonds is 8. The second-order valence-electron chi connectivity index (χ2n) is 4.98. The number of benzene rings is 1. The van der Waals surface area contributed by atoms with E-state index in [4.69, 9.17) is 5.11 Å². The third kappa shape index (κ3) is 4.29. The highest BCUT2D eigenvalue weighted by atomic mass is 32.2. The second-order valence-corrected chi connectivity index (χ2v) is 7.52. The van der Waals surface area contributed by atoms with Crippen molar-refractivity contribution >= 4 is 21.8 Å². The maximum atomic E-state index is 12.3. The third-order valence-corrected chi connectivity index (χ3v) is 5.95. The molecule has 7 heteroatoms. The zero-order valence-corrected chi connectivity index (χ0v) is 12.5.